The Hall–Kier alpha value is -1.60. The number of hydrogen-bond acceptors (Lipinski definition) is 1. The molecular formula is C22H29N. The summed E-state index contributed by atoms with van der Waals surface area (Å²) in [5.74, 6) is 0.708. The van der Waals surface area contributed by atoms with Gasteiger partial charge in [-0.1, -0.05) is 74.5 Å². The minimum atomic E-state index is 0.366. The highest BCUT2D eigenvalue weighted by atomic mass is 15.1. The van der Waals surface area contributed by atoms with E-state index in [0.29, 0.717) is 11.3 Å². The summed E-state index contributed by atoms with van der Waals surface area (Å²) in [5, 5.41) is 0. The van der Waals surface area contributed by atoms with Crippen LogP contribution < -0.4 is 0 Å². The Morgan fingerprint density at radius 2 is 1.65 bits per heavy atom. The minimum absolute atomic E-state index is 0.366. The van der Waals surface area contributed by atoms with E-state index in [1.54, 1.807) is 0 Å². The van der Waals surface area contributed by atoms with E-state index in [9.17, 15) is 0 Å². The van der Waals surface area contributed by atoms with Crippen LogP contribution in [0.15, 0.2) is 60.7 Å². The van der Waals surface area contributed by atoms with Crippen LogP contribution in [0, 0.1) is 5.92 Å². The number of piperidine rings is 1. The number of hydrogen-bond donors (Lipinski definition) is 0. The van der Waals surface area contributed by atoms with Crippen LogP contribution in [0.4, 0.5) is 0 Å². The van der Waals surface area contributed by atoms with E-state index < -0.39 is 0 Å². The molecule has 0 N–H and O–H groups in total. The van der Waals surface area contributed by atoms with Gasteiger partial charge in [-0.05, 0) is 42.9 Å². The molecule has 1 nitrogen and oxygen atoms in total. The monoisotopic (exact) mass is 307 g/mol. The highest BCUT2D eigenvalue weighted by Gasteiger charge is 2.40. The lowest BCUT2D eigenvalue weighted by Gasteiger charge is -2.47. The average molecular weight is 307 g/mol. The lowest BCUT2D eigenvalue weighted by atomic mass is 9.65. The maximum Gasteiger partial charge on any atom is 0.00219 e. The summed E-state index contributed by atoms with van der Waals surface area (Å²) >= 11 is 0. The van der Waals surface area contributed by atoms with Gasteiger partial charge in [0.2, 0.25) is 0 Å². The molecule has 1 aliphatic heterocycles. The predicted octanol–water partition coefficient (Wildman–Crippen LogP) is 4.92. The SMILES string of the molecule is CCC1(c2ccccc2)CCN(CCc2ccccc2)CC1C. The summed E-state index contributed by atoms with van der Waals surface area (Å²) < 4.78 is 0. The molecule has 2 unspecified atom stereocenters. The Morgan fingerprint density at radius 1 is 1.00 bits per heavy atom. The van der Waals surface area contributed by atoms with Crippen molar-refractivity contribution >= 4 is 0 Å². The molecule has 0 spiro atoms. The van der Waals surface area contributed by atoms with Gasteiger partial charge in [0.25, 0.3) is 0 Å². The van der Waals surface area contributed by atoms with Gasteiger partial charge >= 0.3 is 0 Å². The van der Waals surface area contributed by atoms with Crippen molar-refractivity contribution in [3.8, 4) is 0 Å². The van der Waals surface area contributed by atoms with Crippen molar-refractivity contribution in [1.29, 1.82) is 0 Å². The summed E-state index contributed by atoms with van der Waals surface area (Å²) in [4.78, 5) is 2.66. The lowest BCUT2D eigenvalue weighted by Crippen LogP contribution is -2.49. The lowest BCUT2D eigenvalue weighted by molar-refractivity contribution is 0.0977. The second-order valence-corrected chi connectivity index (χ2v) is 7.06. The fourth-order valence-electron chi connectivity index (χ4n) is 4.32. The zero-order valence-corrected chi connectivity index (χ0v) is 14.5. The third-order valence-electron chi connectivity index (χ3n) is 5.89. The van der Waals surface area contributed by atoms with Crippen molar-refractivity contribution in [3.63, 3.8) is 0 Å². The first-order valence-corrected chi connectivity index (χ1v) is 9.06. The zero-order chi connectivity index (χ0) is 16.1. The van der Waals surface area contributed by atoms with Gasteiger partial charge in [-0.25, -0.2) is 0 Å². The summed E-state index contributed by atoms with van der Waals surface area (Å²) in [7, 11) is 0. The van der Waals surface area contributed by atoms with Crippen LogP contribution in [0.5, 0.6) is 0 Å². The van der Waals surface area contributed by atoms with E-state index in [0.717, 1.165) is 6.42 Å². The number of likely N-dealkylation sites (tertiary alicyclic amines) is 1. The van der Waals surface area contributed by atoms with Gasteiger partial charge in [0.1, 0.15) is 0 Å². The predicted molar refractivity (Wildman–Crippen MR) is 98.8 cm³/mol. The highest BCUT2D eigenvalue weighted by Crippen LogP contribution is 2.42. The highest BCUT2D eigenvalue weighted by molar-refractivity contribution is 5.27. The molecule has 2 atom stereocenters. The molecule has 0 saturated carbocycles. The topological polar surface area (TPSA) is 3.24 Å². The molecule has 3 rings (SSSR count). The zero-order valence-electron chi connectivity index (χ0n) is 14.5. The molecule has 1 heteroatoms. The van der Waals surface area contributed by atoms with E-state index in [4.69, 9.17) is 0 Å². The van der Waals surface area contributed by atoms with Crippen LogP contribution in [-0.4, -0.2) is 24.5 Å². The molecule has 0 bridgehead atoms. The third kappa shape index (κ3) is 3.50. The average Bonchev–Trinajstić information content (AvgIpc) is 2.62. The fourth-order valence-corrected chi connectivity index (χ4v) is 4.32. The van der Waals surface area contributed by atoms with Crippen molar-refractivity contribution in [2.45, 2.75) is 38.5 Å². The van der Waals surface area contributed by atoms with Gasteiger partial charge in [-0.15, -0.1) is 0 Å². The van der Waals surface area contributed by atoms with E-state index >= 15 is 0 Å². The number of benzene rings is 2. The van der Waals surface area contributed by atoms with Gasteiger partial charge in [0.15, 0.2) is 0 Å². The molecule has 0 aliphatic carbocycles. The first kappa shape index (κ1) is 16.3. The Kier molecular flexibility index (Phi) is 5.17. The molecular weight excluding hydrogens is 278 g/mol. The van der Waals surface area contributed by atoms with Gasteiger partial charge in [0, 0.05) is 18.5 Å². The van der Waals surface area contributed by atoms with E-state index in [2.05, 4.69) is 79.4 Å². The summed E-state index contributed by atoms with van der Waals surface area (Å²) in [6.07, 6.45) is 3.69. The maximum absolute atomic E-state index is 2.66. The van der Waals surface area contributed by atoms with Crippen molar-refractivity contribution in [1.82, 2.24) is 4.90 Å². The minimum Gasteiger partial charge on any atom is -0.303 e. The fraction of sp³-hybridized carbons (Fsp3) is 0.455. The largest absolute Gasteiger partial charge is 0.303 e. The van der Waals surface area contributed by atoms with Crippen LogP contribution in [0.2, 0.25) is 0 Å². The summed E-state index contributed by atoms with van der Waals surface area (Å²) in [6.45, 7) is 8.44. The van der Waals surface area contributed by atoms with Crippen LogP contribution in [0.1, 0.15) is 37.8 Å². The molecule has 0 radical (unpaired) electrons. The van der Waals surface area contributed by atoms with Crippen molar-refractivity contribution in [2.75, 3.05) is 19.6 Å². The Labute approximate surface area is 141 Å². The molecule has 1 saturated heterocycles. The van der Waals surface area contributed by atoms with Gasteiger partial charge in [-0.2, -0.15) is 0 Å². The summed E-state index contributed by atoms with van der Waals surface area (Å²) in [6, 6.07) is 22.1. The molecule has 2 aromatic carbocycles. The third-order valence-corrected chi connectivity index (χ3v) is 5.89. The molecule has 1 aliphatic rings. The molecule has 1 fully saturated rings. The molecule has 2 aromatic rings. The van der Waals surface area contributed by atoms with Crippen LogP contribution in [-0.2, 0) is 11.8 Å². The normalized spacial score (nSPS) is 25.4. The molecule has 1 heterocycles. The standard InChI is InChI=1S/C22H29N/c1-3-22(21-12-8-5-9-13-21)15-17-23(18-19(22)2)16-14-20-10-6-4-7-11-20/h4-13,19H,3,14-18H2,1-2H3. The van der Waals surface area contributed by atoms with Gasteiger partial charge in [0.05, 0.1) is 0 Å². The first-order valence-electron chi connectivity index (χ1n) is 9.06. The Bertz CT molecular complexity index is 592. The molecule has 0 aromatic heterocycles. The van der Waals surface area contributed by atoms with Crippen LogP contribution >= 0.6 is 0 Å². The smallest absolute Gasteiger partial charge is 0.00219 e. The van der Waals surface area contributed by atoms with E-state index in [-0.39, 0.29) is 0 Å². The van der Waals surface area contributed by atoms with Crippen molar-refractivity contribution in [3.05, 3.63) is 71.8 Å². The quantitative estimate of drug-likeness (QED) is 0.758. The van der Waals surface area contributed by atoms with Crippen LogP contribution in [0.25, 0.3) is 0 Å². The molecule has 122 valence electrons. The number of rotatable bonds is 5. The Morgan fingerprint density at radius 3 is 2.26 bits per heavy atom. The van der Waals surface area contributed by atoms with Crippen molar-refractivity contribution < 1.29 is 0 Å². The second-order valence-electron chi connectivity index (χ2n) is 7.06. The first-order chi connectivity index (χ1) is 11.2. The van der Waals surface area contributed by atoms with Gasteiger partial charge < -0.3 is 4.90 Å². The summed E-state index contributed by atoms with van der Waals surface area (Å²) in [5.41, 5.74) is 3.36. The van der Waals surface area contributed by atoms with Crippen molar-refractivity contribution in [2.24, 2.45) is 5.92 Å². The second kappa shape index (κ2) is 7.31. The van der Waals surface area contributed by atoms with E-state index in [1.807, 2.05) is 0 Å². The van der Waals surface area contributed by atoms with Crippen LogP contribution in [0.3, 0.4) is 0 Å². The maximum atomic E-state index is 2.66. The molecule has 0 amide bonds. The molecule has 23 heavy (non-hydrogen) atoms. The van der Waals surface area contributed by atoms with Gasteiger partial charge in [-0.3, -0.25) is 0 Å². The Balaban J connectivity index is 1.64. The number of nitrogens with zero attached hydrogens (tertiary/aromatic N) is 1. The van der Waals surface area contributed by atoms with E-state index in [1.165, 1.54) is 43.6 Å².